The highest BCUT2D eigenvalue weighted by Gasteiger charge is 2.32. The molecular formula is C29H28ClFN3O2S. The Balaban J connectivity index is 1.54. The standard InChI is InChI=1S/C29H28ClFN3O2S/c1-32-21-7-9-22(10-8-21)34(29(35)28-27(30)26-23(31)4-3-5-25(26)37-28)17-20-16-19(6-11-24(20)36-2)18-12-14-33-15-13-18/h3-6,11-16,21-22H,7-10,17H2,1-2H3. The third-order valence-corrected chi connectivity index (χ3v) is 8.80. The first-order valence-electron chi connectivity index (χ1n) is 12.3. The van der Waals surface area contributed by atoms with Gasteiger partial charge in [-0.05, 0) is 73.2 Å². The highest BCUT2D eigenvalue weighted by atomic mass is 35.5. The van der Waals surface area contributed by atoms with Gasteiger partial charge in [0.15, 0.2) is 0 Å². The molecule has 37 heavy (non-hydrogen) atoms. The van der Waals surface area contributed by atoms with Crippen LogP contribution < -0.4 is 10.1 Å². The van der Waals surface area contributed by atoms with E-state index in [-0.39, 0.29) is 17.0 Å². The summed E-state index contributed by atoms with van der Waals surface area (Å²) in [5, 5.41) is 4.96. The summed E-state index contributed by atoms with van der Waals surface area (Å²) in [6.45, 7) is 0.354. The molecule has 0 saturated heterocycles. The highest BCUT2D eigenvalue weighted by Crippen LogP contribution is 2.39. The van der Waals surface area contributed by atoms with E-state index < -0.39 is 5.82 Å². The molecule has 5 nitrogen and oxygen atoms in total. The number of ether oxygens (including phenoxy) is 1. The van der Waals surface area contributed by atoms with Crippen molar-refractivity contribution >= 4 is 38.9 Å². The maximum Gasteiger partial charge on any atom is 0.266 e. The van der Waals surface area contributed by atoms with Crippen molar-refractivity contribution in [2.45, 2.75) is 44.3 Å². The van der Waals surface area contributed by atoms with Gasteiger partial charge in [0, 0.05) is 53.7 Å². The molecule has 0 atom stereocenters. The molecule has 1 fully saturated rings. The molecule has 1 aliphatic carbocycles. The summed E-state index contributed by atoms with van der Waals surface area (Å²) in [5.74, 6) is 0.112. The van der Waals surface area contributed by atoms with Crippen LogP contribution in [0.25, 0.3) is 21.2 Å². The number of thiophene rings is 1. The topological polar surface area (TPSA) is 56.5 Å². The number of aromatic nitrogens is 1. The summed E-state index contributed by atoms with van der Waals surface area (Å²) in [7, 11) is 3.49. The Morgan fingerprint density at radius 1 is 1.14 bits per heavy atom. The number of halogens is 2. The number of amides is 1. The molecule has 1 amide bonds. The lowest BCUT2D eigenvalue weighted by Gasteiger charge is -2.37. The van der Waals surface area contributed by atoms with Crippen molar-refractivity contribution in [2.24, 2.45) is 0 Å². The predicted octanol–water partition coefficient (Wildman–Crippen LogP) is 6.95. The van der Waals surface area contributed by atoms with E-state index >= 15 is 0 Å². The molecule has 0 bridgehead atoms. The Labute approximate surface area is 225 Å². The summed E-state index contributed by atoms with van der Waals surface area (Å²) in [4.78, 5) is 20.5. The minimum Gasteiger partial charge on any atom is -0.496 e. The van der Waals surface area contributed by atoms with Crippen molar-refractivity contribution in [2.75, 3.05) is 14.2 Å². The number of rotatable bonds is 7. The zero-order valence-corrected chi connectivity index (χ0v) is 22.4. The molecule has 191 valence electrons. The Hall–Kier alpha value is -3.00. The van der Waals surface area contributed by atoms with Crippen molar-refractivity contribution in [3.05, 3.63) is 82.2 Å². The van der Waals surface area contributed by atoms with Gasteiger partial charge in [0.1, 0.15) is 16.4 Å². The third kappa shape index (κ3) is 5.21. The quantitative estimate of drug-likeness (QED) is 0.257. The number of hydrogen-bond donors (Lipinski definition) is 0. The molecule has 1 aliphatic rings. The molecule has 2 aromatic heterocycles. The smallest absolute Gasteiger partial charge is 0.266 e. The summed E-state index contributed by atoms with van der Waals surface area (Å²) >= 11 is 7.87. The van der Waals surface area contributed by atoms with Crippen LogP contribution in [-0.2, 0) is 6.54 Å². The predicted molar refractivity (Wildman–Crippen MR) is 147 cm³/mol. The number of carbonyl (C=O) groups is 1. The SMILES string of the molecule is C[N]C1CCC(N(Cc2cc(-c3ccncc3)ccc2OC)C(=O)c2sc3cccc(F)c3c2Cl)CC1. The van der Waals surface area contributed by atoms with Crippen LogP contribution in [-0.4, -0.2) is 42.0 Å². The fraction of sp³-hybridized carbons (Fsp3) is 0.310. The van der Waals surface area contributed by atoms with E-state index in [4.69, 9.17) is 16.3 Å². The number of benzene rings is 2. The van der Waals surface area contributed by atoms with Gasteiger partial charge in [-0.2, -0.15) is 0 Å². The molecule has 2 heterocycles. The molecule has 0 spiro atoms. The minimum absolute atomic E-state index is 0.0194. The average Bonchev–Trinajstić information content (AvgIpc) is 3.29. The van der Waals surface area contributed by atoms with Gasteiger partial charge >= 0.3 is 0 Å². The van der Waals surface area contributed by atoms with Crippen LogP contribution in [0.1, 0.15) is 40.9 Å². The first kappa shape index (κ1) is 25.6. The molecule has 0 unspecified atom stereocenters. The van der Waals surface area contributed by atoms with Crippen LogP contribution in [0.5, 0.6) is 5.75 Å². The number of hydrogen-bond acceptors (Lipinski definition) is 4. The van der Waals surface area contributed by atoms with Crippen LogP contribution in [0, 0.1) is 5.82 Å². The number of fused-ring (bicyclic) bond motifs is 1. The second kappa shape index (κ2) is 11.2. The monoisotopic (exact) mass is 536 g/mol. The minimum atomic E-state index is -0.416. The van der Waals surface area contributed by atoms with Crippen molar-refractivity contribution in [1.82, 2.24) is 15.2 Å². The largest absolute Gasteiger partial charge is 0.496 e. The molecule has 0 aliphatic heterocycles. The van der Waals surface area contributed by atoms with Crippen LogP contribution in [0.15, 0.2) is 60.9 Å². The lowest BCUT2D eigenvalue weighted by Crippen LogP contribution is -2.43. The van der Waals surface area contributed by atoms with Crippen molar-refractivity contribution < 1.29 is 13.9 Å². The van der Waals surface area contributed by atoms with E-state index in [1.165, 1.54) is 17.4 Å². The maximum absolute atomic E-state index is 14.6. The van der Waals surface area contributed by atoms with Gasteiger partial charge < -0.3 is 9.64 Å². The third-order valence-electron chi connectivity index (χ3n) is 7.17. The van der Waals surface area contributed by atoms with E-state index in [9.17, 15) is 9.18 Å². The van der Waals surface area contributed by atoms with Crippen LogP contribution in [0.2, 0.25) is 5.02 Å². The Morgan fingerprint density at radius 2 is 1.89 bits per heavy atom. The summed E-state index contributed by atoms with van der Waals surface area (Å²) in [6, 6.07) is 15.1. The van der Waals surface area contributed by atoms with Crippen LogP contribution >= 0.6 is 22.9 Å². The molecule has 5 rings (SSSR count). The Bertz CT molecular complexity index is 1400. The Morgan fingerprint density at radius 3 is 2.57 bits per heavy atom. The van der Waals surface area contributed by atoms with Crippen molar-refractivity contribution in [3.8, 4) is 16.9 Å². The van der Waals surface area contributed by atoms with Crippen LogP contribution in [0.3, 0.4) is 0 Å². The number of pyridine rings is 1. The van der Waals surface area contributed by atoms with Gasteiger partial charge in [-0.1, -0.05) is 23.7 Å². The molecular weight excluding hydrogens is 509 g/mol. The normalized spacial score (nSPS) is 17.6. The van der Waals surface area contributed by atoms with Gasteiger partial charge in [-0.15, -0.1) is 11.3 Å². The number of carbonyl (C=O) groups excluding carboxylic acids is 1. The van der Waals surface area contributed by atoms with E-state index in [2.05, 4.69) is 16.4 Å². The molecule has 2 aromatic carbocycles. The molecule has 4 aromatic rings. The van der Waals surface area contributed by atoms with Gasteiger partial charge in [0.05, 0.1) is 12.1 Å². The van der Waals surface area contributed by atoms with Crippen molar-refractivity contribution in [1.29, 1.82) is 0 Å². The number of methoxy groups -OCH3 is 1. The van der Waals surface area contributed by atoms with Gasteiger partial charge in [-0.25, -0.2) is 9.71 Å². The summed E-state index contributed by atoms with van der Waals surface area (Å²) < 4.78 is 20.9. The summed E-state index contributed by atoms with van der Waals surface area (Å²) in [5.41, 5.74) is 2.95. The molecule has 0 N–H and O–H groups in total. The lowest BCUT2D eigenvalue weighted by atomic mass is 9.89. The zero-order chi connectivity index (χ0) is 25.9. The van der Waals surface area contributed by atoms with Gasteiger partial charge in [0.2, 0.25) is 0 Å². The fourth-order valence-corrected chi connectivity index (χ4v) is 6.65. The molecule has 8 heteroatoms. The maximum atomic E-state index is 14.6. The first-order valence-corrected chi connectivity index (χ1v) is 13.5. The summed E-state index contributed by atoms with van der Waals surface area (Å²) in [6.07, 6.45) is 7.06. The molecule has 1 radical (unpaired) electrons. The molecule has 1 saturated carbocycles. The fourth-order valence-electron chi connectivity index (χ4n) is 5.14. The van der Waals surface area contributed by atoms with E-state index in [1.807, 2.05) is 36.2 Å². The van der Waals surface area contributed by atoms with Crippen LogP contribution in [0.4, 0.5) is 4.39 Å². The van der Waals surface area contributed by atoms with E-state index in [0.29, 0.717) is 33.3 Å². The number of nitrogens with zero attached hydrogens (tertiary/aromatic N) is 3. The Kier molecular flexibility index (Phi) is 7.74. The second-order valence-electron chi connectivity index (χ2n) is 9.27. The second-order valence-corrected chi connectivity index (χ2v) is 10.7. The van der Waals surface area contributed by atoms with Gasteiger partial charge in [-0.3, -0.25) is 9.78 Å². The zero-order valence-electron chi connectivity index (χ0n) is 20.8. The lowest BCUT2D eigenvalue weighted by molar-refractivity contribution is 0.0604. The van der Waals surface area contributed by atoms with E-state index in [0.717, 1.165) is 42.4 Å². The van der Waals surface area contributed by atoms with Crippen molar-refractivity contribution in [3.63, 3.8) is 0 Å². The first-order chi connectivity index (χ1) is 18.0. The van der Waals surface area contributed by atoms with E-state index in [1.54, 1.807) is 31.6 Å². The average molecular weight is 537 g/mol. The highest BCUT2D eigenvalue weighted by molar-refractivity contribution is 7.21. The van der Waals surface area contributed by atoms with Gasteiger partial charge in [0.25, 0.3) is 5.91 Å².